The minimum Gasteiger partial charge on any atom is -0.470 e. The molecule has 8 rings (SSSR count). The van der Waals surface area contributed by atoms with Crippen molar-refractivity contribution in [2.24, 2.45) is 0 Å². The Balaban J connectivity index is 0.878. The number of pyridine rings is 2. The van der Waals surface area contributed by atoms with Crippen molar-refractivity contribution in [3.8, 4) is 11.8 Å². The number of ether oxygens (including phenoxy) is 2. The van der Waals surface area contributed by atoms with Gasteiger partial charge in [0.15, 0.2) is 29.5 Å². The highest BCUT2D eigenvalue weighted by Crippen LogP contribution is 2.31. The van der Waals surface area contributed by atoms with Crippen LogP contribution >= 0.6 is 0 Å². The fourth-order valence-electron chi connectivity index (χ4n) is 8.39. The predicted octanol–water partition coefficient (Wildman–Crippen LogP) is 8.18. The second kappa shape index (κ2) is 18.9. The van der Waals surface area contributed by atoms with E-state index in [1.807, 2.05) is 54.3 Å². The van der Waals surface area contributed by atoms with Gasteiger partial charge >= 0.3 is 0 Å². The Labute approximate surface area is 358 Å². The molecule has 0 unspecified atom stereocenters. The van der Waals surface area contributed by atoms with Gasteiger partial charge in [0.25, 0.3) is 11.8 Å². The van der Waals surface area contributed by atoms with Gasteiger partial charge in [-0.25, -0.2) is 18.7 Å². The van der Waals surface area contributed by atoms with Crippen LogP contribution in [0.1, 0.15) is 84.2 Å². The van der Waals surface area contributed by atoms with Crippen molar-refractivity contribution in [2.75, 3.05) is 36.0 Å². The summed E-state index contributed by atoms with van der Waals surface area (Å²) < 4.78 is 41.4. The standard InChI is InChI=1S/C50H46F2N4O6/c1-2-33-8-3-5-10-41(33)47(59)35-15-17-45(37(25-35)30-57)56-23-20-40(29-56)62-50-44(52)24-32(27-54-50)13-14-34-9-4-6-11-42(34)48(60)36-16-18-46(38(26-36)31-58)55-22-19-39(28-55)61-49-43(51)12-7-21-53-49/h3-12,15-18,21,24-27,31,39-40,57H,2,13-14,19-20,22-23,28-30H2,1H3/t39-,40-/m0/s1. The monoisotopic (exact) mass is 836 g/mol. The summed E-state index contributed by atoms with van der Waals surface area (Å²) in [6.45, 7) is 3.85. The summed E-state index contributed by atoms with van der Waals surface area (Å²) in [4.78, 5) is 51.9. The average Bonchev–Trinajstić information content (AvgIpc) is 3.99. The van der Waals surface area contributed by atoms with Crippen molar-refractivity contribution >= 4 is 29.2 Å². The number of aliphatic hydroxyl groups excluding tert-OH is 1. The van der Waals surface area contributed by atoms with Gasteiger partial charge in [0, 0.05) is 83.1 Å². The molecule has 2 saturated heterocycles. The number of ketones is 2. The third-order valence-electron chi connectivity index (χ3n) is 11.6. The van der Waals surface area contributed by atoms with Crippen molar-refractivity contribution in [1.82, 2.24) is 9.97 Å². The number of nitrogens with zero attached hydrogens (tertiary/aromatic N) is 4. The van der Waals surface area contributed by atoms with E-state index >= 15 is 4.39 Å². The van der Waals surface area contributed by atoms with Gasteiger partial charge in [-0.15, -0.1) is 0 Å². The highest BCUT2D eigenvalue weighted by Gasteiger charge is 2.29. The van der Waals surface area contributed by atoms with Gasteiger partial charge in [-0.1, -0.05) is 55.5 Å². The molecule has 2 aromatic heterocycles. The molecule has 316 valence electrons. The van der Waals surface area contributed by atoms with Gasteiger partial charge in [-0.3, -0.25) is 14.4 Å². The van der Waals surface area contributed by atoms with Gasteiger partial charge < -0.3 is 24.4 Å². The van der Waals surface area contributed by atoms with Gasteiger partial charge in [0.1, 0.15) is 12.2 Å². The smallest absolute Gasteiger partial charge is 0.250 e. The molecule has 0 bridgehead atoms. The van der Waals surface area contributed by atoms with Crippen LogP contribution in [0.4, 0.5) is 20.2 Å². The SMILES string of the molecule is CCc1ccccc1C(=O)c1ccc(N2CC[C@H](Oc3ncc(CCc4ccccc4C(=O)c4ccc(N5CC[C@H](Oc6ncccc6F)C5)c(C=O)c4)cc3F)C2)c(CO)c1. The minimum atomic E-state index is -0.585. The topological polar surface area (TPSA) is 122 Å². The molecule has 4 heterocycles. The number of carbonyl (C=O) groups is 3. The average molecular weight is 837 g/mol. The van der Waals surface area contributed by atoms with E-state index in [1.54, 1.807) is 48.7 Å². The lowest BCUT2D eigenvalue weighted by molar-refractivity contribution is 0.103. The van der Waals surface area contributed by atoms with Crippen LogP contribution in [0, 0.1) is 11.6 Å². The van der Waals surface area contributed by atoms with Crippen molar-refractivity contribution < 1.29 is 37.7 Å². The number of anilines is 2. The number of aromatic nitrogens is 2. The minimum absolute atomic E-state index is 0.0577. The molecule has 12 heteroatoms. The number of hydrogen-bond acceptors (Lipinski definition) is 10. The molecule has 2 fully saturated rings. The normalized spacial score (nSPS) is 16.1. The largest absolute Gasteiger partial charge is 0.470 e. The van der Waals surface area contributed by atoms with Gasteiger partial charge in [0.2, 0.25) is 0 Å². The molecular weight excluding hydrogens is 791 g/mol. The van der Waals surface area contributed by atoms with Gasteiger partial charge in [-0.05, 0) is 90.6 Å². The fraction of sp³-hybridized carbons (Fsp3) is 0.260. The maximum Gasteiger partial charge on any atom is 0.250 e. The van der Waals surface area contributed by atoms with E-state index in [0.29, 0.717) is 96.5 Å². The first kappa shape index (κ1) is 41.9. The molecule has 2 aliphatic heterocycles. The summed E-state index contributed by atoms with van der Waals surface area (Å²) in [7, 11) is 0. The number of benzene rings is 4. The first-order valence-electron chi connectivity index (χ1n) is 20.9. The molecule has 2 aliphatic rings. The van der Waals surface area contributed by atoms with Crippen LogP contribution in [-0.2, 0) is 25.9 Å². The van der Waals surface area contributed by atoms with Crippen molar-refractivity contribution in [1.29, 1.82) is 0 Å². The lowest BCUT2D eigenvalue weighted by Gasteiger charge is -2.22. The van der Waals surface area contributed by atoms with E-state index in [4.69, 9.17) is 9.47 Å². The summed E-state index contributed by atoms with van der Waals surface area (Å²) in [6.07, 6.45) is 5.94. The van der Waals surface area contributed by atoms with Crippen molar-refractivity contribution in [2.45, 2.75) is 57.8 Å². The number of halogens is 2. The predicted molar refractivity (Wildman–Crippen MR) is 232 cm³/mol. The first-order chi connectivity index (χ1) is 30.2. The molecule has 2 atom stereocenters. The molecule has 1 N–H and O–H groups in total. The maximum absolute atomic E-state index is 15.5. The fourth-order valence-corrected chi connectivity index (χ4v) is 8.39. The van der Waals surface area contributed by atoms with Gasteiger partial charge in [0.05, 0.1) is 19.7 Å². The van der Waals surface area contributed by atoms with Crippen LogP contribution in [0.25, 0.3) is 0 Å². The molecule has 10 nitrogen and oxygen atoms in total. The first-order valence-corrected chi connectivity index (χ1v) is 20.9. The highest BCUT2D eigenvalue weighted by molar-refractivity contribution is 6.11. The molecule has 4 aromatic carbocycles. The van der Waals surface area contributed by atoms with E-state index < -0.39 is 11.6 Å². The Hall–Kier alpha value is -6.79. The number of carbonyl (C=O) groups excluding carboxylic acids is 3. The lowest BCUT2D eigenvalue weighted by Crippen LogP contribution is -2.26. The van der Waals surface area contributed by atoms with Crippen LogP contribution in [0.2, 0.25) is 0 Å². The third-order valence-corrected chi connectivity index (χ3v) is 11.6. The van der Waals surface area contributed by atoms with Gasteiger partial charge in [-0.2, -0.15) is 0 Å². The molecule has 6 aromatic rings. The zero-order chi connectivity index (χ0) is 43.2. The molecule has 62 heavy (non-hydrogen) atoms. The van der Waals surface area contributed by atoms with Crippen LogP contribution in [0.5, 0.6) is 11.8 Å². The molecule has 0 radical (unpaired) electrons. The van der Waals surface area contributed by atoms with E-state index in [2.05, 4.69) is 14.9 Å². The second-order valence-electron chi connectivity index (χ2n) is 15.6. The molecule has 0 aliphatic carbocycles. The number of aliphatic hydroxyl groups is 1. The summed E-state index contributed by atoms with van der Waals surface area (Å²) in [6, 6.07) is 29.4. The van der Waals surface area contributed by atoms with Crippen molar-refractivity contribution in [3.63, 3.8) is 0 Å². The summed E-state index contributed by atoms with van der Waals surface area (Å²) in [5, 5.41) is 10.3. The van der Waals surface area contributed by atoms with E-state index in [1.165, 1.54) is 24.4 Å². The number of hydrogen-bond donors (Lipinski definition) is 1. The lowest BCUT2D eigenvalue weighted by atomic mass is 9.93. The maximum atomic E-state index is 15.5. The van der Waals surface area contributed by atoms with Crippen LogP contribution in [0.15, 0.2) is 116 Å². The van der Waals surface area contributed by atoms with Crippen molar-refractivity contribution in [3.05, 3.63) is 177 Å². The second-order valence-corrected chi connectivity index (χ2v) is 15.6. The summed E-state index contributed by atoms with van der Waals surface area (Å²) in [5.41, 5.74) is 6.83. The zero-order valence-corrected chi connectivity index (χ0v) is 34.3. The van der Waals surface area contributed by atoms with Crippen LogP contribution in [0.3, 0.4) is 0 Å². The Morgan fingerprint density at radius 3 is 1.97 bits per heavy atom. The number of aldehydes is 1. The zero-order valence-electron chi connectivity index (χ0n) is 34.3. The number of aryl methyl sites for hydroxylation is 3. The van der Waals surface area contributed by atoms with E-state index in [0.717, 1.165) is 29.5 Å². The number of rotatable bonds is 16. The third kappa shape index (κ3) is 9.11. The van der Waals surface area contributed by atoms with E-state index in [-0.39, 0.29) is 42.1 Å². The summed E-state index contributed by atoms with van der Waals surface area (Å²) in [5.74, 6) is -1.60. The molecular formula is C50H46F2N4O6. The molecule has 0 saturated carbocycles. The summed E-state index contributed by atoms with van der Waals surface area (Å²) >= 11 is 0. The van der Waals surface area contributed by atoms with Crippen LogP contribution in [-0.4, -0.2) is 71.3 Å². The Bertz CT molecular complexity index is 2620. The highest BCUT2D eigenvalue weighted by atomic mass is 19.1. The van der Waals surface area contributed by atoms with Crippen LogP contribution < -0.4 is 19.3 Å². The quantitative estimate of drug-likeness (QED) is 0.0755. The Kier molecular flexibility index (Phi) is 12.8. The Morgan fingerprint density at radius 2 is 1.32 bits per heavy atom. The molecule has 0 spiro atoms. The molecule has 0 amide bonds. The Morgan fingerprint density at radius 1 is 0.710 bits per heavy atom. The van der Waals surface area contributed by atoms with E-state index in [9.17, 15) is 23.9 Å².